The average Bonchev–Trinajstić information content (AvgIpc) is 2.83. The van der Waals surface area contributed by atoms with Crippen LogP contribution >= 0.6 is 0 Å². The molecule has 0 aliphatic carbocycles. The van der Waals surface area contributed by atoms with Gasteiger partial charge in [0.15, 0.2) is 0 Å². The Kier molecular flexibility index (Phi) is 3.04. The number of nitrogens with one attached hydrogen (secondary N) is 1. The van der Waals surface area contributed by atoms with E-state index in [9.17, 15) is 14.4 Å². The Hall–Kier alpha value is -1.59. The van der Waals surface area contributed by atoms with Crippen molar-refractivity contribution in [1.82, 2.24) is 10.2 Å². The minimum absolute atomic E-state index is 0.0976. The first-order valence-corrected chi connectivity index (χ1v) is 5.80. The minimum atomic E-state index is -0.853. The molecule has 0 saturated carbocycles. The number of aliphatic carboxylic acids is 1. The van der Waals surface area contributed by atoms with Gasteiger partial charge < -0.3 is 15.3 Å². The molecule has 2 aliphatic rings. The number of carbonyl (C=O) groups is 3. The summed E-state index contributed by atoms with van der Waals surface area (Å²) in [6.45, 7) is 2.61. The van der Waals surface area contributed by atoms with E-state index < -0.39 is 11.9 Å². The van der Waals surface area contributed by atoms with Crippen molar-refractivity contribution in [2.24, 2.45) is 11.8 Å². The van der Waals surface area contributed by atoms with Crippen LogP contribution in [0.25, 0.3) is 0 Å². The quantitative estimate of drug-likeness (QED) is 0.677. The van der Waals surface area contributed by atoms with E-state index in [1.165, 1.54) is 0 Å². The van der Waals surface area contributed by atoms with Crippen LogP contribution in [0.4, 0.5) is 0 Å². The first-order chi connectivity index (χ1) is 8.00. The molecular formula is C11H16N2O4. The Bertz CT molecular complexity index is 368. The van der Waals surface area contributed by atoms with Crippen LogP contribution in [0.15, 0.2) is 0 Å². The van der Waals surface area contributed by atoms with E-state index in [0.29, 0.717) is 19.5 Å². The van der Waals surface area contributed by atoms with E-state index in [1.807, 2.05) is 0 Å². The maximum Gasteiger partial charge on any atom is 0.308 e. The highest BCUT2D eigenvalue weighted by atomic mass is 16.4. The number of nitrogens with zero attached hydrogens (tertiary/aromatic N) is 1. The third-order valence-electron chi connectivity index (χ3n) is 3.68. The number of rotatable bonds is 2. The summed E-state index contributed by atoms with van der Waals surface area (Å²) in [4.78, 5) is 35.7. The molecule has 0 bridgehead atoms. The lowest BCUT2D eigenvalue weighted by atomic mass is 10.0. The van der Waals surface area contributed by atoms with Crippen molar-refractivity contribution in [1.29, 1.82) is 0 Å². The van der Waals surface area contributed by atoms with Crippen molar-refractivity contribution < 1.29 is 19.5 Å². The SMILES string of the molecule is CC1C(C(=O)O)CCN1C(=O)C1CNC(=O)C1. The lowest BCUT2D eigenvalue weighted by molar-refractivity contribution is -0.143. The Labute approximate surface area is 99.0 Å². The number of amides is 2. The van der Waals surface area contributed by atoms with Gasteiger partial charge in [-0.15, -0.1) is 0 Å². The standard InChI is InChI=1S/C11H16N2O4/c1-6-8(11(16)17)2-3-13(6)10(15)7-4-9(14)12-5-7/h6-8H,2-5H2,1H3,(H,12,14)(H,16,17). The van der Waals surface area contributed by atoms with Crippen LogP contribution in [0.5, 0.6) is 0 Å². The van der Waals surface area contributed by atoms with Crippen molar-refractivity contribution in [3.63, 3.8) is 0 Å². The van der Waals surface area contributed by atoms with Gasteiger partial charge in [0.25, 0.3) is 0 Å². The Morgan fingerprint density at radius 3 is 2.65 bits per heavy atom. The summed E-state index contributed by atoms with van der Waals surface area (Å²) < 4.78 is 0. The predicted molar refractivity (Wildman–Crippen MR) is 58.0 cm³/mol. The molecule has 3 atom stereocenters. The molecule has 2 saturated heterocycles. The molecule has 94 valence electrons. The van der Waals surface area contributed by atoms with Crippen molar-refractivity contribution in [3.8, 4) is 0 Å². The molecule has 0 aromatic carbocycles. The maximum absolute atomic E-state index is 12.1. The Morgan fingerprint density at radius 1 is 1.47 bits per heavy atom. The third kappa shape index (κ3) is 2.11. The van der Waals surface area contributed by atoms with E-state index in [1.54, 1.807) is 11.8 Å². The molecule has 0 spiro atoms. The fourth-order valence-electron chi connectivity index (χ4n) is 2.60. The summed E-state index contributed by atoms with van der Waals surface area (Å²) >= 11 is 0. The average molecular weight is 240 g/mol. The predicted octanol–water partition coefficient (Wildman–Crippen LogP) is -0.556. The molecule has 3 unspecified atom stereocenters. The maximum atomic E-state index is 12.1. The van der Waals surface area contributed by atoms with Gasteiger partial charge >= 0.3 is 5.97 Å². The van der Waals surface area contributed by atoms with Crippen molar-refractivity contribution in [3.05, 3.63) is 0 Å². The first-order valence-electron chi connectivity index (χ1n) is 5.80. The third-order valence-corrected chi connectivity index (χ3v) is 3.68. The smallest absolute Gasteiger partial charge is 0.308 e. The molecule has 0 aromatic heterocycles. The normalized spacial score (nSPS) is 32.6. The van der Waals surface area contributed by atoms with Gasteiger partial charge in [-0.2, -0.15) is 0 Å². The number of likely N-dealkylation sites (tertiary alicyclic amines) is 1. The van der Waals surface area contributed by atoms with Crippen LogP contribution in [0.1, 0.15) is 19.8 Å². The molecule has 2 N–H and O–H groups in total. The molecule has 6 nitrogen and oxygen atoms in total. The van der Waals surface area contributed by atoms with Crippen molar-refractivity contribution in [2.45, 2.75) is 25.8 Å². The molecule has 2 rings (SSSR count). The molecule has 2 heterocycles. The second-order valence-corrected chi connectivity index (χ2v) is 4.71. The van der Waals surface area contributed by atoms with Gasteiger partial charge in [0.2, 0.25) is 11.8 Å². The Balaban J connectivity index is 2.01. The van der Waals surface area contributed by atoms with Crippen LogP contribution < -0.4 is 5.32 Å². The monoisotopic (exact) mass is 240 g/mol. The van der Waals surface area contributed by atoms with Gasteiger partial charge in [-0.25, -0.2) is 0 Å². The summed E-state index contributed by atoms with van der Waals surface area (Å²) in [5.74, 6) is -1.86. The fourth-order valence-corrected chi connectivity index (χ4v) is 2.60. The van der Waals surface area contributed by atoms with E-state index in [-0.39, 0.29) is 30.2 Å². The van der Waals surface area contributed by atoms with E-state index in [4.69, 9.17) is 5.11 Å². The number of hydrogen-bond acceptors (Lipinski definition) is 3. The highest BCUT2D eigenvalue weighted by Crippen LogP contribution is 2.27. The largest absolute Gasteiger partial charge is 0.481 e. The van der Waals surface area contributed by atoms with Crippen LogP contribution in [-0.2, 0) is 14.4 Å². The summed E-state index contributed by atoms with van der Waals surface area (Å²) in [5.41, 5.74) is 0. The molecule has 0 aromatic rings. The first kappa shape index (κ1) is 11.9. The second-order valence-electron chi connectivity index (χ2n) is 4.71. The molecule has 6 heteroatoms. The van der Waals surface area contributed by atoms with Gasteiger partial charge in [0.05, 0.1) is 11.8 Å². The summed E-state index contributed by atoms with van der Waals surface area (Å²) in [5, 5.41) is 11.6. The van der Waals surface area contributed by atoms with E-state index in [2.05, 4.69) is 5.32 Å². The van der Waals surface area contributed by atoms with Crippen molar-refractivity contribution in [2.75, 3.05) is 13.1 Å². The molecule has 17 heavy (non-hydrogen) atoms. The molecule has 0 radical (unpaired) electrons. The van der Waals surface area contributed by atoms with Gasteiger partial charge in [0, 0.05) is 25.6 Å². The summed E-state index contributed by atoms with van der Waals surface area (Å²) in [7, 11) is 0. The van der Waals surface area contributed by atoms with Gasteiger partial charge in [-0.1, -0.05) is 0 Å². The zero-order valence-corrected chi connectivity index (χ0v) is 9.68. The van der Waals surface area contributed by atoms with Gasteiger partial charge in [0.1, 0.15) is 0 Å². The molecule has 2 amide bonds. The molecule has 2 aliphatic heterocycles. The zero-order valence-electron chi connectivity index (χ0n) is 9.68. The lowest BCUT2D eigenvalue weighted by Gasteiger charge is -2.25. The highest BCUT2D eigenvalue weighted by Gasteiger charge is 2.41. The molecule has 2 fully saturated rings. The number of carboxylic acids is 1. The summed E-state index contributed by atoms with van der Waals surface area (Å²) in [6.07, 6.45) is 0.718. The van der Waals surface area contributed by atoms with Crippen LogP contribution in [0.2, 0.25) is 0 Å². The number of hydrogen-bond donors (Lipinski definition) is 2. The summed E-state index contributed by atoms with van der Waals surface area (Å²) in [6, 6.07) is -0.282. The fraction of sp³-hybridized carbons (Fsp3) is 0.727. The lowest BCUT2D eigenvalue weighted by Crippen LogP contribution is -2.41. The zero-order chi connectivity index (χ0) is 12.6. The minimum Gasteiger partial charge on any atom is -0.481 e. The van der Waals surface area contributed by atoms with E-state index in [0.717, 1.165) is 0 Å². The molecular weight excluding hydrogens is 224 g/mol. The van der Waals surface area contributed by atoms with Crippen LogP contribution in [0, 0.1) is 11.8 Å². The number of carbonyl (C=O) groups excluding carboxylic acids is 2. The van der Waals surface area contributed by atoms with Crippen LogP contribution in [-0.4, -0.2) is 46.9 Å². The van der Waals surface area contributed by atoms with Gasteiger partial charge in [-0.05, 0) is 13.3 Å². The van der Waals surface area contributed by atoms with Gasteiger partial charge in [-0.3, -0.25) is 14.4 Å². The van der Waals surface area contributed by atoms with E-state index >= 15 is 0 Å². The Morgan fingerprint density at radius 2 is 2.18 bits per heavy atom. The topological polar surface area (TPSA) is 86.7 Å². The van der Waals surface area contributed by atoms with Crippen LogP contribution in [0.3, 0.4) is 0 Å². The van der Waals surface area contributed by atoms with Crippen molar-refractivity contribution >= 4 is 17.8 Å². The number of carboxylic acid groups (broad SMARTS) is 1. The second kappa shape index (κ2) is 4.35. The highest BCUT2D eigenvalue weighted by molar-refractivity contribution is 5.89.